The van der Waals surface area contributed by atoms with Crippen LogP contribution in [0.3, 0.4) is 0 Å². The molecule has 2 aromatic carbocycles. The van der Waals surface area contributed by atoms with Gasteiger partial charge in [0.25, 0.3) is 0 Å². The van der Waals surface area contributed by atoms with Crippen LogP contribution in [0.15, 0.2) is 36.4 Å². The lowest BCUT2D eigenvalue weighted by Crippen LogP contribution is -2.25. The molecule has 4 nitrogen and oxygen atoms in total. The first kappa shape index (κ1) is 16.9. The van der Waals surface area contributed by atoms with Crippen molar-refractivity contribution in [2.75, 3.05) is 14.2 Å². The number of methoxy groups -OCH3 is 2. The molecule has 2 rings (SSSR count). The Labute approximate surface area is 137 Å². The maximum absolute atomic E-state index is 12.1. The molecule has 0 atom stereocenters. The first-order valence-electron chi connectivity index (χ1n) is 7.57. The predicted molar refractivity (Wildman–Crippen MR) is 91.0 cm³/mol. The van der Waals surface area contributed by atoms with Gasteiger partial charge >= 0.3 is 0 Å². The summed E-state index contributed by atoms with van der Waals surface area (Å²) < 4.78 is 10.5. The van der Waals surface area contributed by atoms with Crippen LogP contribution >= 0.6 is 0 Å². The summed E-state index contributed by atoms with van der Waals surface area (Å²) in [6.07, 6.45) is 0.339. The summed E-state index contributed by atoms with van der Waals surface area (Å²) >= 11 is 0. The van der Waals surface area contributed by atoms with Gasteiger partial charge < -0.3 is 14.8 Å². The maximum atomic E-state index is 12.1. The molecular weight excluding hydrogens is 290 g/mol. The van der Waals surface area contributed by atoms with Crippen LogP contribution in [0.2, 0.25) is 0 Å². The Bertz CT molecular complexity index is 695. The van der Waals surface area contributed by atoms with Gasteiger partial charge in [-0.3, -0.25) is 4.79 Å². The standard InChI is InChI=1S/C19H23NO3/c1-13-9-18(23-4)14(2)8-16(13)12-20-19(21)11-15-6-5-7-17(10-15)22-3/h5-10H,11-12H2,1-4H3,(H,20,21). The molecule has 23 heavy (non-hydrogen) atoms. The van der Waals surface area contributed by atoms with Crippen molar-refractivity contribution in [2.45, 2.75) is 26.8 Å². The lowest BCUT2D eigenvalue weighted by Gasteiger charge is -2.12. The summed E-state index contributed by atoms with van der Waals surface area (Å²) in [5, 5.41) is 2.97. The van der Waals surface area contributed by atoms with E-state index >= 15 is 0 Å². The van der Waals surface area contributed by atoms with Gasteiger partial charge in [0, 0.05) is 6.54 Å². The lowest BCUT2D eigenvalue weighted by molar-refractivity contribution is -0.120. The normalized spacial score (nSPS) is 10.3. The molecule has 2 aromatic rings. The summed E-state index contributed by atoms with van der Waals surface area (Å²) in [4.78, 5) is 12.1. The van der Waals surface area contributed by atoms with Gasteiger partial charge in [-0.2, -0.15) is 0 Å². The van der Waals surface area contributed by atoms with E-state index in [-0.39, 0.29) is 5.91 Å². The highest BCUT2D eigenvalue weighted by Crippen LogP contribution is 2.22. The molecule has 1 amide bonds. The molecule has 0 unspecified atom stereocenters. The van der Waals surface area contributed by atoms with Crippen LogP contribution in [-0.2, 0) is 17.8 Å². The second-order valence-electron chi connectivity index (χ2n) is 5.55. The number of ether oxygens (including phenoxy) is 2. The summed E-state index contributed by atoms with van der Waals surface area (Å²) in [6, 6.07) is 11.6. The second kappa shape index (κ2) is 7.68. The number of carbonyl (C=O) groups is 1. The SMILES string of the molecule is COc1cccc(CC(=O)NCc2cc(C)c(OC)cc2C)c1. The van der Waals surface area contributed by atoms with Crippen molar-refractivity contribution in [1.82, 2.24) is 5.32 Å². The van der Waals surface area contributed by atoms with Gasteiger partial charge in [-0.15, -0.1) is 0 Å². The topological polar surface area (TPSA) is 47.6 Å². The number of rotatable bonds is 6. The molecule has 0 bridgehead atoms. The van der Waals surface area contributed by atoms with Gasteiger partial charge in [0.15, 0.2) is 0 Å². The molecule has 0 aliphatic carbocycles. The van der Waals surface area contributed by atoms with Crippen molar-refractivity contribution >= 4 is 5.91 Å². The van der Waals surface area contributed by atoms with Crippen molar-refractivity contribution in [1.29, 1.82) is 0 Å². The van der Waals surface area contributed by atoms with Crippen molar-refractivity contribution in [3.8, 4) is 11.5 Å². The Kier molecular flexibility index (Phi) is 5.63. The van der Waals surface area contributed by atoms with Gasteiger partial charge in [0.2, 0.25) is 5.91 Å². The number of hydrogen-bond donors (Lipinski definition) is 1. The average Bonchev–Trinajstić information content (AvgIpc) is 2.55. The van der Waals surface area contributed by atoms with Crippen LogP contribution in [0.1, 0.15) is 22.3 Å². The van der Waals surface area contributed by atoms with E-state index < -0.39 is 0 Å². The third kappa shape index (κ3) is 4.49. The fourth-order valence-corrected chi connectivity index (χ4v) is 2.48. The van der Waals surface area contributed by atoms with Gasteiger partial charge in [0.05, 0.1) is 20.6 Å². The monoisotopic (exact) mass is 313 g/mol. The largest absolute Gasteiger partial charge is 0.497 e. The molecule has 0 fully saturated rings. The number of hydrogen-bond acceptors (Lipinski definition) is 3. The number of benzene rings is 2. The Morgan fingerprint density at radius 1 is 1.04 bits per heavy atom. The van der Waals surface area contributed by atoms with Gasteiger partial charge in [-0.25, -0.2) is 0 Å². The highest BCUT2D eigenvalue weighted by atomic mass is 16.5. The van der Waals surface area contributed by atoms with E-state index in [1.165, 1.54) is 0 Å². The third-order valence-electron chi connectivity index (χ3n) is 3.83. The highest BCUT2D eigenvalue weighted by Gasteiger charge is 2.08. The minimum Gasteiger partial charge on any atom is -0.497 e. The van der Waals surface area contributed by atoms with E-state index in [2.05, 4.69) is 11.4 Å². The minimum absolute atomic E-state index is 0.00822. The van der Waals surface area contributed by atoms with Crippen LogP contribution in [0.5, 0.6) is 11.5 Å². The van der Waals surface area contributed by atoms with E-state index in [4.69, 9.17) is 9.47 Å². The highest BCUT2D eigenvalue weighted by molar-refractivity contribution is 5.78. The Morgan fingerprint density at radius 2 is 1.83 bits per heavy atom. The van der Waals surface area contributed by atoms with Crippen molar-refractivity contribution in [3.63, 3.8) is 0 Å². The predicted octanol–water partition coefficient (Wildman–Crippen LogP) is 3.18. The number of nitrogens with one attached hydrogen (secondary N) is 1. The quantitative estimate of drug-likeness (QED) is 0.891. The van der Waals surface area contributed by atoms with E-state index in [1.807, 2.05) is 44.2 Å². The summed E-state index contributed by atoms with van der Waals surface area (Å²) in [5.41, 5.74) is 4.20. The molecule has 0 saturated carbocycles. The van der Waals surface area contributed by atoms with Crippen LogP contribution in [-0.4, -0.2) is 20.1 Å². The number of aryl methyl sites for hydroxylation is 2. The Morgan fingerprint density at radius 3 is 2.52 bits per heavy atom. The van der Waals surface area contributed by atoms with Crippen LogP contribution < -0.4 is 14.8 Å². The molecule has 4 heteroatoms. The van der Waals surface area contributed by atoms with E-state index in [0.717, 1.165) is 33.8 Å². The second-order valence-corrected chi connectivity index (χ2v) is 5.55. The van der Waals surface area contributed by atoms with Crippen molar-refractivity contribution in [2.24, 2.45) is 0 Å². The average molecular weight is 313 g/mol. The van der Waals surface area contributed by atoms with E-state index in [0.29, 0.717) is 13.0 Å². The molecule has 0 saturated heterocycles. The molecule has 1 N–H and O–H groups in total. The van der Waals surface area contributed by atoms with Gasteiger partial charge in [-0.05, 0) is 54.3 Å². The fraction of sp³-hybridized carbons (Fsp3) is 0.316. The van der Waals surface area contributed by atoms with Crippen molar-refractivity contribution < 1.29 is 14.3 Å². The molecule has 0 aromatic heterocycles. The smallest absolute Gasteiger partial charge is 0.224 e. The molecule has 0 aliphatic heterocycles. The van der Waals surface area contributed by atoms with Crippen molar-refractivity contribution in [3.05, 3.63) is 58.7 Å². The summed E-state index contributed by atoms with van der Waals surface area (Å²) in [7, 11) is 3.28. The zero-order chi connectivity index (χ0) is 16.8. The van der Waals surface area contributed by atoms with Crippen LogP contribution in [0.4, 0.5) is 0 Å². The molecular formula is C19H23NO3. The minimum atomic E-state index is -0.00822. The number of amides is 1. The first-order valence-corrected chi connectivity index (χ1v) is 7.57. The lowest BCUT2D eigenvalue weighted by atomic mass is 10.0. The zero-order valence-corrected chi connectivity index (χ0v) is 14.1. The summed E-state index contributed by atoms with van der Waals surface area (Å²) in [6.45, 7) is 4.53. The van der Waals surface area contributed by atoms with E-state index in [1.54, 1.807) is 14.2 Å². The Balaban J connectivity index is 1.97. The maximum Gasteiger partial charge on any atom is 0.224 e. The fourth-order valence-electron chi connectivity index (χ4n) is 2.48. The molecule has 0 heterocycles. The molecule has 0 radical (unpaired) electrons. The third-order valence-corrected chi connectivity index (χ3v) is 3.83. The van der Waals surface area contributed by atoms with E-state index in [9.17, 15) is 4.79 Å². The molecule has 122 valence electrons. The first-order chi connectivity index (χ1) is 11.0. The number of carbonyl (C=O) groups excluding carboxylic acids is 1. The Hall–Kier alpha value is -2.49. The van der Waals surface area contributed by atoms with Crippen LogP contribution in [0, 0.1) is 13.8 Å². The zero-order valence-electron chi connectivity index (χ0n) is 14.1. The van der Waals surface area contributed by atoms with Gasteiger partial charge in [0.1, 0.15) is 11.5 Å². The molecule has 0 aliphatic rings. The summed E-state index contributed by atoms with van der Waals surface area (Å²) in [5.74, 6) is 1.62. The molecule has 0 spiro atoms. The van der Waals surface area contributed by atoms with Crippen LogP contribution in [0.25, 0.3) is 0 Å². The van der Waals surface area contributed by atoms with Gasteiger partial charge in [-0.1, -0.05) is 18.2 Å².